The molecule has 0 unspecified atom stereocenters. The number of amides is 2. The summed E-state index contributed by atoms with van der Waals surface area (Å²) in [5.74, 6) is 0.197. The molecule has 0 atom stereocenters. The van der Waals surface area contributed by atoms with Crippen molar-refractivity contribution < 1.29 is 18.7 Å². The molecule has 2 aliphatic rings. The SMILES string of the molecule is Cc1c(C(=O)NCCCN2CCOCC2)oc2c1/C(=N/NC(=O)C(c1ccccc1)c1ccccc1)CCC2. The van der Waals surface area contributed by atoms with Crippen molar-refractivity contribution in [2.75, 3.05) is 39.4 Å². The predicted molar refractivity (Wildman–Crippen MR) is 150 cm³/mol. The molecule has 2 aromatic carbocycles. The Balaban J connectivity index is 1.27. The Morgan fingerprint density at radius 1 is 0.974 bits per heavy atom. The highest BCUT2D eigenvalue weighted by molar-refractivity contribution is 6.06. The van der Waals surface area contributed by atoms with Crippen LogP contribution in [0.25, 0.3) is 0 Å². The normalized spacial score (nSPS) is 16.7. The van der Waals surface area contributed by atoms with Crippen molar-refractivity contribution in [1.82, 2.24) is 15.6 Å². The smallest absolute Gasteiger partial charge is 0.287 e. The van der Waals surface area contributed by atoms with Crippen molar-refractivity contribution >= 4 is 17.5 Å². The van der Waals surface area contributed by atoms with Gasteiger partial charge in [0, 0.05) is 37.2 Å². The van der Waals surface area contributed by atoms with E-state index in [-0.39, 0.29) is 11.8 Å². The average Bonchev–Trinajstić information content (AvgIpc) is 3.33. The van der Waals surface area contributed by atoms with E-state index in [0.29, 0.717) is 18.7 Å². The van der Waals surface area contributed by atoms with Gasteiger partial charge in [-0.25, -0.2) is 5.43 Å². The molecule has 39 heavy (non-hydrogen) atoms. The number of carbonyl (C=O) groups is 2. The molecule has 8 heteroatoms. The molecular weight excluding hydrogens is 492 g/mol. The maximum absolute atomic E-state index is 13.4. The summed E-state index contributed by atoms with van der Waals surface area (Å²) in [6, 6.07) is 19.4. The molecule has 204 valence electrons. The third-order valence-corrected chi connectivity index (χ3v) is 7.40. The van der Waals surface area contributed by atoms with Crippen molar-refractivity contribution in [3.63, 3.8) is 0 Å². The molecule has 1 aliphatic heterocycles. The number of rotatable bonds is 9. The van der Waals surface area contributed by atoms with Gasteiger partial charge in [-0.3, -0.25) is 14.5 Å². The van der Waals surface area contributed by atoms with Gasteiger partial charge in [-0.2, -0.15) is 5.10 Å². The minimum absolute atomic E-state index is 0.202. The van der Waals surface area contributed by atoms with Gasteiger partial charge in [0.25, 0.3) is 11.8 Å². The van der Waals surface area contributed by atoms with Crippen LogP contribution in [0.3, 0.4) is 0 Å². The van der Waals surface area contributed by atoms with Crippen molar-refractivity contribution in [2.24, 2.45) is 5.10 Å². The molecule has 5 rings (SSSR count). The maximum Gasteiger partial charge on any atom is 0.287 e. The molecule has 2 N–H and O–H groups in total. The van der Waals surface area contributed by atoms with Gasteiger partial charge >= 0.3 is 0 Å². The number of hydrazone groups is 1. The van der Waals surface area contributed by atoms with Crippen LogP contribution in [0.5, 0.6) is 0 Å². The standard InChI is InChI=1S/C31H36N4O4/c1-22-27-25(33-34-30(36)28(23-10-4-2-5-11-23)24-12-6-3-7-13-24)14-8-15-26(27)39-29(22)31(37)32-16-9-17-35-18-20-38-21-19-35/h2-7,10-13,28H,8-9,14-21H2,1H3,(H,32,37)(H,34,36)/b33-25+. The molecule has 0 bridgehead atoms. The van der Waals surface area contributed by atoms with Crippen molar-refractivity contribution in [1.29, 1.82) is 0 Å². The number of ether oxygens (including phenoxy) is 1. The van der Waals surface area contributed by atoms with Gasteiger partial charge in [-0.15, -0.1) is 0 Å². The second-order valence-corrected chi connectivity index (χ2v) is 10.1. The number of nitrogens with zero attached hydrogens (tertiary/aromatic N) is 2. The molecule has 1 aliphatic carbocycles. The largest absolute Gasteiger partial charge is 0.455 e. The Hall–Kier alpha value is -3.75. The number of nitrogens with one attached hydrogen (secondary N) is 2. The lowest BCUT2D eigenvalue weighted by molar-refractivity contribution is -0.121. The Morgan fingerprint density at radius 3 is 2.31 bits per heavy atom. The molecule has 0 radical (unpaired) electrons. The van der Waals surface area contributed by atoms with E-state index in [1.54, 1.807) is 0 Å². The Morgan fingerprint density at radius 2 is 1.64 bits per heavy atom. The zero-order valence-corrected chi connectivity index (χ0v) is 22.4. The van der Waals surface area contributed by atoms with Crippen LogP contribution in [-0.2, 0) is 16.0 Å². The van der Waals surface area contributed by atoms with Gasteiger partial charge in [0.2, 0.25) is 0 Å². The first-order valence-electron chi connectivity index (χ1n) is 13.8. The summed E-state index contributed by atoms with van der Waals surface area (Å²) >= 11 is 0. The average molecular weight is 529 g/mol. The van der Waals surface area contributed by atoms with E-state index in [9.17, 15) is 9.59 Å². The number of hydrogen-bond acceptors (Lipinski definition) is 6. The van der Waals surface area contributed by atoms with Gasteiger partial charge in [0.05, 0.1) is 24.8 Å². The monoisotopic (exact) mass is 528 g/mol. The third-order valence-electron chi connectivity index (χ3n) is 7.40. The summed E-state index contributed by atoms with van der Waals surface area (Å²) in [5, 5.41) is 7.57. The fraction of sp³-hybridized carbons (Fsp3) is 0.387. The number of aryl methyl sites for hydroxylation is 1. The number of fused-ring (bicyclic) bond motifs is 1. The van der Waals surface area contributed by atoms with E-state index in [0.717, 1.165) is 85.8 Å². The van der Waals surface area contributed by atoms with Crippen molar-refractivity contribution in [3.8, 4) is 0 Å². The van der Waals surface area contributed by atoms with E-state index in [4.69, 9.17) is 9.15 Å². The minimum atomic E-state index is -0.482. The van der Waals surface area contributed by atoms with E-state index >= 15 is 0 Å². The lowest BCUT2D eigenvalue weighted by atomic mass is 9.90. The lowest BCUT2D eigenvalue weighted by Gasteiger charge is -2.26. The number of carbonyl (C=O) groups excluding carboxylic acids is 2. The van der Waals surface area contributed by atoms with Crippen LogP contribution >= 0.6 is 0 Å². The zero-order valence-electron chi connectivity index (χ0n) is 22.4. The van der Waals surface area contributed by atoms with Gasteiger partial charge in [-0.05, 0) is 43.9 Å². The summed E-state index contributed by atoms with van der Waals surface area (Å²) in [5.41, 5.74) is 6.98. The minimum Gasteiger partial charge on any atom is -0.455 e. The first-order chi connectivity index (χ1) is 19.1. The third kappa shape index (κ3) is 6.46. The van der Waals surface area contributed by atoms with E-state index in [1.165, 1.54) is 0 Å². The Kier molecular flexibility index (Phi) is 8.85. The van der Waals surface area contributed by atoms with Crippen LogP contribution < -0.4 is 10.7 Å². The summed E-state index contributed by atoms with van der Waals surface area (Å²) < 4.78 is 11.4. The molecule has 0 saturated carbocycles. The molecule has 1 aromatic heterocycles. The molecule has 0 spiro atoms. The predicted octanol–water partition coefficient (Wildman–Crippen LogP) is 4.03. The fourth-order valence-electron chi connectivity index (χ4n) is 5.38. The fourth-order valence-corrected chi connectivity index (χ4v) is 5.38. The molecule has 2 amide bonds. The lowest BCUT2D eigenvalue weighted by Crippen LogP contribution is -2.38. The highest BCUT2D eigenvalue weighted by atomic mass is 16.5. The number of benzene rings is 2. The first kappa shape index (κ1) is 26.8. The summed E-state index contributed by atoms with van der Waals surface area (Å²) in [6.07, 6.45) is 3.16. The molecule has 3 aromatic rings. The molecule has 8 nitrogen and oxygen atoms in total. The Labute approximate surface area is 229 Å². The van der Waals surface area contributed by atoms with Gasteiger partial charge in [0.1, 0.15) is 5.76 Å². The molecular formula is C31H36N4O4. The van der Waals surface area contributed by atoms with Crippen LogP contribution in [0, 0.1) is 6.92 Å². The second-order valence-electron chi connectivity index (χ2n) is 10.1. The summed E-state index contributed by atoms with van der Waals surface area (Å²) in [6.45, 7) is 6.83. The van der Waals surface area contributed by atoms with Gasteiger partial charge < -0.3 is 14.5 Å². The summed E-state index contributed by atoms with van der Waals surface area (Å²) in [4.78, 5) is 28.8. The van der Waals surface area contributed by atoms with E-state index in [2.05, 4.69) is 20.7 Å². The van der Waals surface area contributed by atoms with Crippen LogP contribution in [-0.4, -0.2) is 61.8 Å². The van der Waals surface area contributed by atoms with Gasteiger partial charge in [0.15, 0.2) is 5.76 Å². The maximum atomic E-state index is 13.4. The zero-order chi connectivity index (χ0) is 27.0. The number of morpholine rings is 1. The number of furan rings is 1. The Bertz CT molecular complexity index is 1260. The van der Waals surface area contributed by atoms with Crippen LogP contribution in [0.4, 0.5) is 0 Å². The molecule has 2 heterocycles. The molecule has 1 saturated heterocycles. The highest BCUT2D eigenvalue weighted by Gasteiger charge is 2.29. The summed E-state index contributed by atoms with van der Waals surface area (Å²) in [7, 11) is 0. The quantitative estimate of drug-likeness (QED) is 0.323. The van der Waals surface area contributed by atoms with E-state index in [1.807, 2.05) is 67.6 Å². The van der Waals surface area contributed by atoms with Crippen LogP contribution in [0.15, 0.2) is 70.2 Å². The topological polar surface area (TPSA) is 96.2 Å². The van der Waals surface area contributed by atoms with Crippen LogP contribution in [0.2, 0.25) is 0 Å². The number of hydrogen-bond donors (Lipinski definition) is 2. The molecule has 1 fully saturated rings. The first-order valence-corrected chi connectivity index (χ1v) is 13.8. The van der Waals surface area contributed by atoms with Gasteiger partial charge in [-0.1, -0.05) is 60.7 Å². The highest BCUT2D eigenvalue weighted by Crippen LogP contribution is 2.30. The van der Waals surface area contributed by atoms with Crippen molar-refractivity contribution in [2.45, 2.75) is 38.5 Å². The van der Waals surface area contributed by atoms with Crippen LogP contribution in [0.1, 0.15) is 63.7 Å². The second kappa shape index (κ2) is 12.9. The van der Waals surface area contributed by atoms with Crippen molar-refractivity contribution in [3.05, 3.63) is 94.4 Å². The van der Waals surface area contributed by atoms with E-state index < -0.39 is 5.92 Å².